The van der Waals surface area contributed by atoms with Crippen molar-refractivity contribution < 1.29 is 14.0 Å². The number of hydrogen-bond donors (Lipinski definition) is 2. The second kappa shape index (κ2) is 8.26. The highest BCUT2D eigenvalue weighted by Gasteiger charge is 2.13. The van der Waals surface area contributed by atoms with Crippen molar-refractivity contribution in [2.45, 2.75) is 6.42 Å². The van der Waals surface area contributed by atoms with Crippen LogP contribution in [-0.2, 0) is 4.79 Å². The Labute approximate surface area is 154 Å². The molecule has 3 rings (SSSR count). The predicted molar refractivity (Wildman–Crippen MR) is 98.1 cm³/mol. The van der Waals surface area contributed by atoms with E-state index in [4.69, 9.17) is 16.0 Å². The van der Waals surface area contributed by atoms with Gasteiger partial charge in [-0.2, -0.15) is 0 Å². The van der Waals surface area contributed by atoms with Crippen LogP contribution in [0.25, 0.3) is 11.5 Å². The van der Waals surface area contributed by atoms with E-state index in [1.807, 2.05) is 30.3 Å². The van der Waals surface area contributed by atoms with Crippen LogP contribution >= 0.6 is 11.6 Å². The minimum atomic E-state index is -0.396. The first-order chi connectivity index (χ1) is 12.7. The molecule has 7 nitrogen and oxygen atoms in total. The molecule has 0 unspecified atom stereocenters. The fourth-order valence-electron chi connectivity index (χ4n) is 2.15. The van der Waals surface area contributed by atoms with Crippen molar-refractivity contribution in [3.05, 3.63) is 60.2 Å². The summed E-state index contributed by atoms with van der Waals surface area (Å²) in [6, 6.07) is 15.7. The summed E-state index contributed by atoms with van der Waals surface area (Å²) in [6.07, 6.45) is 0.227. The van der Waals surface area contributed by atoms with E-state index in [2.05, 4.69) is 20.8 Å². The van der Waals surface area contributed by atoms with E-state index in [9.17, 15) is 9.59 Å². The Hall–Kier alpha value is -3.19. The van der Waals surface area contributed by atoms with Crippen LogP contribution in [0, 0.1) is 0 Å². The molecule has 132 valence electrons. The van der Waals surface area contributed by atoms with Crippen LogP contribution in [0.3, 0.4) is 0 Å². The van der Waals surface area contributed by atoms with Crippen LogP contribution in [0.4, 0.5) is 11.7 Å². The average Bonchev–Trinajstić information content (AvgIpc) is 3.12. The molecule has 0 bridgehead atoms. The number of nitrogens with zero attached hydrogens (tertiary/aromatic N) is 2. The van der Waals surface area contributed by atoms with Gasteiger partial charge >= 0.3 is 6.01 Å². The van der Waals surface area contributed by atoms with E-state index in [-0.39, 0.29) is 24.2 Å². The highest BCUT2D eigenvalue weighted by Crippen LogP contribution is 2.19. The molecule has 0 aliphatic heterocycles. The Kier molecular flexibility index (Phi) is 5.60. The predicted octanol–water partition coefficient (Wildman–Crippen LogP) is 3.56. The molecule has 1 aromatic heterocycles. The third-order valence-electron chi connectivity index (χ3n) is 3.42. The van der Waals surface area contributed by atoms with E-state index in [1.54, 1.807) is 24.3 Å². The molecule has 8 heteroatoms. The Morgan fingerprint density at radius 2 is 1.69 bits per heavy atom. The summed E-state index contributed by atoms with van der Waals surface area (Å²) in [5, 5.41) is 13.0. The van der Waals surface area contributed by atoms with Gasteiger partial charge in [0.1, 0.15) is 0 Å². The van der Waals surface area contributed by atoms with Gasteiger partial charge in [-0.25, -0.2) is 0 Å². The first-order valence-electron chi connectivity index (χ1n) is 7.82. The molecular formula is C18H15ClN4O3. The molecule has 3 aromatic rings. The monoisotopic (exact) mass is 370 g/mol. The minimum absolute atomic E-state index is 0.00773. The molecule has 2 N–H and O–H groups in total. The lowest BCUT2D eigenvalue weighted by Gasteiger charge is -2.05. The van der Waals surface area contributed by atoms with Crippen molar-refractivity contribution in [1.29, 1.82) is 0 Å². The number of nitrogens with one attached hydrogen (secondary N) is 2. The van der Waals surface area contributed by atoms with Gasteiger partial charge in [0.15, 0.2) is 0 Å². The van der Waals surface area contributed by atoms with E-state index >= 15 is 0 Å². The first kappa shape index (κ1) is 17.6. The summed E-state index contributed by atoms with van der Waals surface area (Å²) in [5.74, 6) is -0.0109. The smallest absolute Gasteiger partial charge is 0.322 e. The summed E-state index contributed by atoms with van der Waals surface area (Å²) < 4.78 is 5.44. The topological polar surface area (TPSA) is 97.1 Å². The van der Waals surface area contributed by atoms with Gasteiger partial charge in [0.2, 0.25) is 11.8 Å². The molecule has 1 heterocycles. The maximum absolute atomic E-state index is 12.3. The van der Waals surface area contributed by atoms with Gasteiger partial charge in [-0.3, -0.25) is 14.9 Å². The van der Waals surface area contributed by atoms with Crippen LogP contribution in [0.15, 0.2) is 59.0 Å². The molecule has 2 aromatic carbocycles. The normalized spacial score (nSPS) is 10.3. The molecule has 0 aliphatic rings. The van der Waals surface area contributed by atoms with Crippen molar-refractivity contribution in [2.75, 3.05) is 16.5 Å². The Balaban J connectivity index is 1.63. The summed E-state index contributed by atoms with van der Waals surface area (Å²) in [7, 11) is 0. The Morgan fingerprint density at radius 3 is 2.38 bits per heavy atom. The lowest BCUT2D eigenvalue weighted by atomic mass is 10.2. The molecule has 0 radical (unpaired) electrons. The second-order valence-corrected chi connectivity index (χ2v) is 5.67. The average molecular weight is 371 g/mol. The van der Waals surface area contributed by atoms with Crippen molar-refractivity contribution in [3.63, 3.8) is 0 Å². The van der Waals surface area contributed by atoms with Gasteiger partial charge in [0.05, 0.1) is 0 Å². The maximum Gasteiger partial charge on any atom is 0.322 e. The van der Waals surface area contributed by atoms with Crippen LogP contribution in [0.2, 0.25) is 0 Å². The van der Waals surface area contributed by atoms with E-state index in [0.717, 1.165) is 5.56 Å². The lowest BCUT2D eigenvalue weighted by molar-refractivity contribution is -0.115. The van der Waals surface area contributed by atoms with Crippen molar-refractivity contribution >= 4 is 35.1 Å². The maximum atomic E-state index is 12.3. The quantitative estimate of drug-likeness (QED) is 0.646. The van der Waals surface area contributed by atoms with Gasteiger partial charge in [0, 0.05) is 29.1 Å². The number of hydrogen-bond acceptors (Lipinski definition) is 5. The minimum Gasteiger partial charge on any atom is -0.403 e. The standard InChI is InChI=1S/C18H15ClN4O3/c19-11-10-15(24)20-14-8-6-12(7-9-14)16(25)21-18-23-22-17(26-18)13-4-2-1-3-5-13/h1-9H,10-11H2,(H,20,24)(H,21,23,25). The van der Waals surface area contributed by atoms with Crippen molar-refractivity contribution in [3.8, 4) is 11.5 Å². The van der Waals surface area contributed by atoms with E-state index < -0.39 is 5.91 Å². The highest BCUT2D eigenvalue weighted by atomic mass is 35.5. The van der Waals surface area contributed by atoms with Crippen LogP contribution < -0.4 is 10.6 Å². The van der Waals surface area contributed by atoms with E-state index in [0.29, 0.717) is 17.1 Å². The van der Waals surface area contributed by atoms with Gasteiger partial charge in [0.25, 0.3) is 5.91 Å². The van der Waals surface area contributed by atoms with Crippen LogP contribution in [0.1, 0.15) is 16.8 Å². The van der Waals surface area contributed by atoms with Gasteiger partial charge in [-0.15, -0.1) is 16.7 Å². The van der Waals surface area contributed by atoms with Crippen molar-refractivity contribution in [1.82, 2.24) is 10.2 Å². The number of aromatic nitrogens is 2. The summed E-state index contributed by atoms with van der Waals surface area (Å²) in [4.78, 5) is 23.7. The number of amides is 2. The third-order valence-corrected chi connectivity index (χ3v) is 3.61. The zero-order valence-electron chi connectivity index (χ0n) is 13.6. The van der Waals surface area contributed by atoms with Crippen LogP contribution in [-0.4, -0.2) is 27.9 Å². The number of halogens is 1. The van der Waals surface area contributed by atoms with Gasteiger partial charge in [-0.1, -0.05) is 23.3 Å². The fraction of sp³-hybridized carbons (Fsp3) is 0.111. The number of rotatable bonds is 6. The zero-order chi connectivity index (χ0) is 18.4. The third kappa shape index (κ3) is 4.46. The van der Waals surface area contributed by atoms with Gasteiger partial charge in [-0.05, 0) is 36.4 Å². The van der Waals surface area contributed by atoms with Crippen molar-refractivity contribution in [2.24, 2.45) is 0 Å². The second-order valence-electron chi connectivity index (χ2n) is 5.30. The molecule has 0 spiro atoms. The summed E-state index contributed by atoms with van der Waals surface area (Å²) in [6.45, 7) is 0. The molecule has 0 aliphatic carbocycles. The summed E-state index contributed by atoms with van der Waals surface area (Å²) >= 11 is 5.51. The van der Waals surface area contributed by atoms with Crippen LogP contribution in [0.5, 0.6) is 0 Å². The zero-order valence-corrected chi connectivity index (χ0v) is 14.4. The SMILES string of the molecule is O=C(CCCl)Nc1ccc(C(=O)Nc2nnc(-c3ccccc3)o2)cc1. The molecule has 0 atom stereocenters. The lowest BCUT2D eigenvalue weighted by Crippen LogP contribution is -2.13. The Bertz CT molecular complexity index is 894. The number of carbonyl (C=O) groups is 2. The molecular weight excluding hydrogens is 356 g/mol. The summed E-state index contributed by atoms with van der Waals surface area (Å²) in [5.41, 5.74) is 1.73. The highest BCUT2D eigenvalue weighted by molar-refractivity contribution is 6.19. The molecule has 2 amide bonds. The molecule has 0 saturated heterocycles. The number of alkyl halides is 1. The van der Waals surface area contributed by atoms with Gasteiger partial charge < -0.3 is 9.73 Å². The largest absolute Gasteiger partial charge is 0.403 e. The number of anilines is 2. The van der Waals surface area contributed by atoms with E-state index in [1.165, 1.54) is 0 Å². The molecule has 26 heavy (non-hydrogen) atoms. The molecule has 0 fully saturated rings. The molecule has 0 saturated carbocycles. The number of benzene rings is 2. The first-order valence-corrected chi connectivity index (χ1v) is 8.35. The Morgan fingerprint density at radius 1 is 0.962 bits per heavy atom. The fourth-order valence-corrected chi connectivity index (χ4v) is 2.33. The number of carbonyl (C=O) groups excluding carboxylic acids is 2.